The van der Waals surface area contributed by atoms with E-state index in [0.29, 0.717) is 5.56 Å². The van der Waals surface area contributed by atoms with Gasteiger partial charge in [0.2, 0.25) is 5.91 Å². The van der Waals surface area contributed by atoms with Crippen molar-refractivity contribution in [3.63, 3.8) is 0 Å². The average Bonchev–Trinajstić information content (AvgIpc) is 2.90. The number of halogens is 6. The van der Waals surface area contributed by atoms with Gasteiger partial charge in [0.05, 0.1) is 19.7 Å². The fourth-order valence-corrected chi connectivity index (χ4v) is 2.31. The monoisotopic (exact) mass is 404 g/mol. The Bertz CT molecular complexity index is 628. The number of hydrogen-bond acceptors (Lipinski definition) is 4. The molecule has 1 heterocycles. The second-order valence-electron chi connectivity index (χ2n) is 5.60. The van der Waals surface area contributed by atoms with Crippen LogP contribution in [0, 0.1) is 0 Å². The summed E-state index contributed by atoms with van der Waals surface area (Å²) in [6.07, 6.45) is -5.06. The molecule has 1 unspecified atom stereocenters. The number of ether oxygens (including phenoxy) is 2. The van der Waals surface area contributed by atoms with Crippen molar-refractivity contribution in [3.8, 4) is 11.5 Å². The van der Waals surface area contributed by atoms with Crippen LogP contribution in [0.25, 0.3) is 0 Å². The van der Waals surface area contributed by atoms with Gasteiger partial charge in [0.25, 0.3) is 5.92 Å². The summed E-state index contributed by atoms with van der Waals surface area (Å²) in [5.74, 6) is -3.51. The van der Waals surface area contributed by atoms with Crippen molar-refractivity contribution in [2.45, 2.75) is 31.1 Å². The van der Waals surface area contributed by atoms with Crippen molar-refractivity contribution >= 4 is 18.3 Å². The highest BCUT2D eigenvalue weighted by molar-refractivity contribution is 5.85. The van der Waals surface area contributed by atoms with Crippen molar-refractivity contribution in [2.75, 3.05) is 20.3 Å². The third-order valence-electron chi connectivity index (χ3n) is 3.51. The number of methoxy groups -OCH3 is 1. The number of rotatable bonds is 6. The predicted molar refractivity (Wildman–Crippen MR) is 85.0 cm³/mol. The fraction of sp³-hybridized carbons (Fsp3) is 0.533. The summed E-state index contributed by atoms with van der Waals surface area (Å²) in [5, 5.41) is 4.93. The van der Waals surface area contributed by atoms with Crippen LogP contribution in [-0.4, -0.2) is 44.3 Å². The maximum absolute atomic E-state index is 13.1. The Labute approximate surface area is 152 Å². The van der Waals surface area contributed by atoms with E-state index in [2.05, 4.69) is 15.4 Å². The number of carbonyl (C=O) groups is 1. The quantitative estimate of drug-likeness (QED) is 0.716. The van der Waals surface area contributed by atoms with Crippen LogP contribution >= 0.6 is 12.4 Å². The van der Waals surface area contributed by atoms with Gasteiger partial charge in [-0.1, -0.05) is 6.07 Å². The first-order valence-corrected chi connectivity index (χ1v) is 7.35. The fourth-order valence-electron chi connectivity index (χ4n) is 2.31. The average molecular weight is 405 g/mol. The molecule has 1 fully saturated rings. The Kier molecular flexibility index (Phi) is 7.45. The van der Waals surface area contributed by atoms with Crippen molar-refractivity contribution in [1.82, 2.24) is 10.6 Å². The topological polar surface area (TPSA) is 59.6 Å². The molecule has 5 nitrogen and oxygen atoms in total. The molecule has 1 aromatic rings. The molecule has 2 rings (SSSR count). The van der Waals surface area contributed by atoms with Gasteiger partial charge in [-0.05, 0) is 17.7 Å². The maximum atomic E-state index is 13.1. The SMILES string of the molecule is COc1cc(CNC(=O)C2CC(F)(F)CN2)ccc1OCC(F)(F)F.Cl. The Morgan fingerprint density at radius 1 is 1.35 bits per heavy atom. The number of amides is 1. The van der Waals surface area contributed by atoms with Gasteiger partial charge in [0.1, 0.15) is 0 Å². The third-order valence-corrected chi connectivity index (χ3v) is 3.51. The van der Waals surface area contributed by atoms with Gasteiger partial charge in [0, 0.05) is 13.0 Å². The lowest BCUT2D eigenvalue weighted by atomic mass is 10.1. The van der Waals surface area contributed by atoms with Gasteiger partial charge in [-0.3, -0.25) is 10.1 Å². The molecule has 1 aromatic carbocycles. The molecule has 2 N–H and O–H groups in total. The molecule has 1 saturated heterocycles. The molecule has 1 aliphatic heterocycles. The predicted octanol–water partition coefficient (Wildman–Crippen LogP) is 2.67. The second-order valence-corrected chi connectivity index (χ2v) is 5.60. The molecular formula is C15H18ClF5N2O3. The first-order valence-electron chi connectivity index (χ1n) is 7.35. The van der Waals surface area contributed by atoms with Crippen LogP contribution in [0.3, 0.4) is 0 Å². The van der Waals surface area contributed by atoms with Crippen LogP contribution in [-0.2, 0) is 11.3 Å². The Hall–Kier alpha value is -1.81. The standard InChI is InChI=1S/C15H17F5N2O3.ClH/c1-24-12-4-9(2-3-11(12)25-8-15(18,19)20)6-21-13(23)10-5-14(16,17)7-22-10;/h2-4,10,22H,5-8H2,1H3,(H,21,23);1H. The van der Waals surface area contributed by atoms with Crippen LogP contribution < -0.4 is 20.1 Å². The zero-order valence-electron chi connectivity index (χ0n) is 13.7. The summed E-state index contributed by atoms with van der Waals surface area (Å²) in [7, 11) is 1.27. The minimum absolute atomic E-state index is 0. The zero-order chi connectivity index (χ0) is 18.7. The van der Waals surface area contributed by atoms with E-state index in [9.17, 15) is 26.7 Å². The van der Waals surface area contributed by atoms with Crippen LogP contribution in [0.1, 0.15) is 12.0 Å². The molecule has 148 valence electrons. The molecule has 1 aliphatic rings. The van der Waals surface area contributed by atoms with Crippen LogP contribution in [0.2, 0.25) is 0 Å². The molecule has 1 amide bonds. The highest BCUT2D eigenvalue weighted by Gasteiger charge is 2.42. The minimum atomic E-state index is -4.48. The zero-order valence-corrected chi connectivity index (χ0v) is 14.5. The molecule has 26 heavy (non-hydrogen) atoms. The largest absolute Gasteiger partial charge is 0.493 e. The molecule has 0 radical (unpaired) electrons. The van der Waals surface area contributed by atoms with E-state index in [0.717, 1.165) is 0 Å². The van der Waals surface area contributed by atoms with Gasteiger partial charge in [0.15, 0.2) is 18.1 Å². The lowest BCUT2D eigenvalue weighted by molar-refractivity contribution is -0.153. The number of benzene rings is 1. The summed E-state index contributed by atoms with van der Waals surface area (Å²) >= 11 is 0. The number of hydrogen-bond donors (Lipinski definition) is 2. The van der Waals surface area contributed by atoms with Crippen molar-refractivity contribution in [1.29, 1.82) is 0 Å². The summed E-state index contributed by atoms with van der Waals surface area (Å²) in [4.78, 5) is 11.9. The van der Waals surface area contributed by atoms with Crippen LogP contribution in [0.4, 0.5) is 22.0 Å². The molecule has 1 atom stereocenters. The molecule has 0 spiro atoms. The highest BCUT2D eigenvalue weighted by atomic mass is 35.5. The van der Waals surface area contributed by atoms with Crippen molar-refractivity contribution in [3.05, 3.63) is 23.8 Å². The van der Waals surface area contributed by atoms with Crippen molar-refractivity contribution < 1.29 is 36.2 Å². The van der Waals surface area contributed by atoms with E-state index in [1.165, 1.54) is 25.3 Å². The Balaban J connectivity index is 0.00000338. The van der Waals surface area contributed by atoms with E-state index in [1.54, 1.807) is 0 Å². The van der Waals surface area contributed by atoms with Crippen LogP contribution in [0.15, 0.2) is 18.2 Å². The van der Waals surface area contributed by atoms with Gasteiger partial charge < -0.3 is 14.8 Å². The van der Waals surface area contributed by atoms with Crippen LogP contribution in [0.5, 0.6) is 11.5 Å². The molecule has 0 aliphatic carbocycles. The highest BCUT2D eigenvalue weighted by Crippen LogP contribution is 2.30. The van der Waals surface area contributed by atoms with Gasteiger partial charge in [-0.25, -0.2) is 8.78 Å². The normalized spacial score (nSPS) is 18.8. The molecule has 0 bridgehead atoms. The van der Waals surface area contributed by atoms with E-state index >= 15 is 0 Å². The number of alkyl halides is 5. The van der Waals surface area contributed by atoms with Gasteiger partial charge >= 0.3 is 6.18 Å². The van der Waals surface area contributed by atoms with E-state index in [1.807, 2.05) is 0 Å². The first kappa shape index (κ1) is 22.2. The van der Waals surface area contributed by atoms with Crippen molar-refractivity contribution in [2.24, 2.45) is 0 Å². The third kappa shape index (κ3) is 6.49. The summed E-state index contributed by atoms with van der Waals surface area (Å²) in [6.45, 7) is -2.00. The number of carbonyl (C=O) groups excluding carboxylic acids is 1. The Morgan fingerprint density at radius 3 is 2.58 bits per heavy atom. The molecule has 11 heteroatoms. The first-order chi connectivity index (χ1) is 11.6. The van der Waals surface area contributed by atoms with E-state index in [4.69, 9.17) is 4.74 Å². The lowest BCUT2D eigenvalue weighted by Crippen LogP contribution is -2.40. The van der Waals surface area contributed by atoms with Gasteiger partial charge in [-0.15, -0.1) is 12.4 Å². The van der Waals surface area contributed by atoms with E-state index < -0.39 is 43.6 Å². The Morgan fingerprint density at radius 2 is 2.04 bits per heavy atom. The molecule has 0 aromatic heterocycles. The second kappa shape index (κ2) is 8.72. The lowest BCUT2D eigenvalue weighted by Gasteiger charge is -2.15. The molecule has 0 saturated carbocycles. The molecular weight excluding hydrogens is 387 g/mol. The van der Waals surface area contributed by atoms with Gasteiger partial charge in [-0.2, -0.15) is 13.2 Å². The maximum Gasteiger partial charge on any atom is 0.422 e. The minimum Gasteiger partial charge on any atom is -0.493 e. The number of nitrogens with one attached hydrogen (secondary N) is 2. The summed E-state index contributed by atoms with van der Waals surface area (Å²) in [6, 6.07) is 3.16. The smallest absolute Gasteiger partial charge is 0.422 e. The van der Waals surface area contributed by atoms with E-state index in [-0.39, 0.29) is 30.5 Å². The summed E-state index contributed by atoms with van der Waals surface area (Å²) < 4.78 is 72.3. The summed E-state index contributed by atoms with van der Waals surface area (Å²) in [5.41, 5.74) is 0.523.